The second-order valence-electron chi connectivity index (χ2n) is 10.1. The molecular formula is C29H41N7O2S. The smallest absolute Gasteiger partial charge is 0.317 e. The number of carbonyl (C=O) groups excluding carboxylic acids is 1. The zero-order valence-corrected chi connectivity index (χ0v) is 24.7. The number of benzene rings is 1. The van der Waals surface area contributed by atoms with Crippen molar-refractivity contribution in [2.75, 3.05) is 44.5 Å². The van der Waals surface area contributed by atoms with Crippen molar-refractivity contribution in [2.45, 2.75) is 63.4 Å². The first-order valence-electron chi connectivity index (χ1n) is 14.2. The summed E-state index contributed by atoms with van der Waals surface area (Å²) in [5, 5.41) is 12.5. The first-order valence-corrected chi connectivity index (χ1v) is 15.4. The molecule has 210 valence electrons. The van der Waals surface area contributed by atoms with Crippen LogP contribution in [-0.2, 0) is 31.2 Å². The van der Waals surface area contributed by atoms with Gasteiger partial charge in [-0.05, 0) is 55.2 Å². The first kappa shape index (κ1) is 27.6. The molecule has 3 aliphatic rings. The number of thioether (sulfide) groups is 1. The molecule has 39 heavy (non-hydrogen) atoms. The van der Waals surface area contributed by atoms with E-state index in [-0.39, 0.29) is 6.03 Å². The van der Waals surface area contributed by atoms with Crippen molar-refractivity contribution >= 4 is 29.3 Å². The Bertz CT molecular complexity index is 1310. The van der Waals surface area contributed by atoms with Crippen LogP contribution in [0.15, 0.2) is 29.4 Å². The Morgan fingerprint density at radius 1 is 1.15 bits per heavy atom. The zero-order valence-electron chi connectivity index (χ0n) is 23.9. The van der Waals surface area contributed by atoms with E-state index in [2.05, 4.69) is 44.6 Å². The summed E-state index contributed by atoms with van der Waals surface area (Å²) in [7, 11) is 3.66. The molecule has 1 aromatic carbocycles. The quantitative estimate of drug-likeness (QED) is 0.451. The number of aromatic nitrogens is 4. The number of nitrogens with one attached hydrogen (secondary N) is 1. The molecule has 1 saturated heterocycles. The first-order chi connectivity index (χ1) is 19.1. The predicted molar refractivity (Wildman–Crippen MR) is 157 cm³/mol. The summed E-state index contributed by atoms with van der Waals surface area (Å²) in [4.78, 5) is 18.1. The molecule has 0 atom stereocenters. The maximum Gasteiger partial charge on any atom is 0.317 e. The van der Waals surface area contributed by atoms with E-state index in [1.54, 1.807) is 18.8 Å². The van der Waals surface area contributed by atoms with Crippen molar-refractivity contribution in [3.63, 3.8) is 0 Å². The van der Waals surface area contributed by atoms with Crippen molar-refractivity contribution in [1.29, 1.82) is 0 Å². The third-order valence-corrected chi connectivity index (χ3v) is 8.67. The summed E-state index contributed by atoms with van der Waals surface area (Å²) >= 11 is 1.77. The van der Waals surface area contributed by atoms with Crippen LogP contribution in [0.4, 0.5) is 16.3 Å². The second-order valence-corrected chi connectivity index (χ2v) is 11.0. The molecule has 1 fully saturated rings. The van der Waals surface area contributed by atoms with Crippen molar-refractivity contribution in [2.24, 2.45) is 7.05 Å². The van der Waals surface area contributed by atoms with Gasteiger partial charge in [-0.2, -0.15) is 10.2 Å². The molecule has 9 nitrogen and oxygen atoms in total. The second kappa shape index (κ2) is 12.0. The average molecular weight is 552 g/mol. The number of fused-ring (bicyclic) bond motifs is 2. The minimum atomic E-state index is -0.0276. The standard InChI is InChI=1S/C27H35N7O2S.C2H6/c1-28-27(35)32-10-6-23-22(17-32)26(30-34(23)20-7-11-36-12-8-20)33-9-4-5-18-13-21(19-15-29-31(2)16-19)25(37-3)14-24(18)33;1-2/h13-16,20H,4-12,17H2,1-3H3,(H,28,35);1-2H3. The van der Waals surface area contributed by atoms with Crippen molar-refractivity contribution in [3.05, 3.63) is 41.3 Å². The lowest BCUT2D eigenvalue weighted by molar-refractivity contribution is 0.0651. The lowest BCUT2D eigenvalue weighted by Gasteiger charge is -2.33. The van der Waals surface area contributed by atoms with Crippen LogP contribution in [0.2, 0.25) is 0 Å². The van der Waals surface area contributed by atoms with Gasteiger partial charge in [0.15, 0.2) is 5.82 Å². The van der Waals surface area contributed by atoms with Gasteiger partial charge >= 0.3 is 6.03 Å². The molecule has 0 radical (unpaired) electrons. The number of ether oxygens (including phenoxy) is 1. The van der Waals surface area contributed by atoms with E-state index in [1.807, 2.05) is 36.7 Å². The Labute approximate surface area is 235 Å². The van der Waals surface area contributed by atoms with Crippen LogP contribution >= 0.6 is 11.8 Å². The number of rotatable bonds is 4. The van der Waals surface area contributed by atoms with Crippen LogP contribution in [0, 0.1) is 0 Å². The summed E-state index contributed by atoms with van der Waals surface area (Å²) < 4.78 is 9.79. The molecule has 0 unspecified atom stereocenters. The Morgan fingerprint density at radius 2 is 1.95 bits per heavy atom. The summed E-state index contributed by atoms with van der Waals surface area (Å²) in [6.45, 7) is 7.77. The number of hydrogen-bond donors (Lipinski definition) is 1. The monoisotopic (exact) mass is 551 g/mol. The molecule has 0 saturated carbocycles. The van der Waals surface area contributed by atoms with Gasteiger partial charge in [0.05, 0.1) is 18.8 Å². The molecular weight excluding hydrogens is 510 g/mol. The molecule has 6 rings (SSSR count). The maximum absolute atomic E-state index is 12.6. The largest absolute Gasteiger partial charge is 0.381 e. The number of anilines is 2. The molecule has 3 aromatic rings. The highest BCUT2D eigenvalue weighted by Gasteiger charge is 2.34. The lowest BCUT2D eigenvalue weighted by Crippen LogP contribution is -2.42. The van der Waals surface area contributed by atoms with Crippen molar-refractivity contribution in [1.82, 2.24) is 29.8 Å². The van der Waals surface area contributed by atoms with Crippen LogP contribution in [0.3, 0.4) is 0 Å². The number of amides is 2. The predicted octanol–water partition coefficient (Wildman–Crippen LogP) is 5.17. The summed E-state index contributed by atoms with van der Waals surface area (Å²) in [6, 6.07) is 5.01. The van der Waals surface area contributed by atoms with Gasteiger partial charge in [0.1, 0.15) is 0 Å². The van der Waals surface area contributed by atoms with Crippen LogP contribution in [0.5, 0.6) is 0 Å². The molecule has 1 N–H and O–H groups in total. The van der Waals surface area contributed by atoms with E-state index in [0.717, 1.165) is 63.2 Å². The van der Waals surface area contributed by atoms with Gasteiger partial charge in [-0.15, -0.1) is 11.8 Å². The minimum absolute atomic E-state index is 0.0276. The number of nitrogens with zero attached hydrogens (tertiary/aromatic N) is 6. The van der Waals surface area contributed by atoms with Crippen molar-refractivity contribution in [3.8, 4) is 11.1 Å². The van der Waals surface area contributed by atoms with Crippen LogP contribution in [0.25, 0.3) is 11.1 Å². The molecule has 2 aromatic heterocycles. The number of aryl methyl sites for hydroxylation is 2. The third-order valence-electron chi connectivity index (χ3n) is 7.89. The van der Waals surface area contributed by atoms with E-state index < -0.39 is 0 Å². The molecule has 0 bridgehead atoms. The zero-order chi connectivity index (χ0) is 27.5. The van der Waals surface area contributed by atoms with Gasteiger partial charge in [0, 0.05) is 80.4 Å². The molecule has 0 spiro atoms. The summed E-state index contributed by atoms with van der Waals surface area (Å²) in [6.07, 6.45) is 11.1. The maximum atomic E-state index is 12.6. The van der Waals surface area contributed by atoms with Gasteiger partial charge in [0.25, 0.3) is 0 Å². The van der Waals surface area contributed by atoms with E-state index in [4.69, 9.17) is 9.84 Å². The van der Waals surface area contributed by atoms with E-state index in [0.29, 0.717) is 19.1 Å². The third kappa shape index (κ3) is 5.28. The normalized spacial score (nSPS) is 17.3. The van der Waals surface area contributed by atoms with E-state index in [1.165, 1.54) is 33.0 Å². The highest BCUT2D eigenvalue weighted by atomic mass is 32.2. The number of urea groups is 1. The molecule has 5 heterocycles. The van der Waals surface area contributed by atoms with Gasteiger partial charge in [0.2, 0.25) is 0 Å². The lowest BCUT2D eigenvalue weighted by atomic mass is 9.96. The van der Waals surface area contributed by atoms with Gasteiger partial charge < -0.3 is 19.9 Å². The van der Waals surface area contributed by atoms with Crippen LogP contribution < -0.4 is 10.2 Å². The summed E-state index contributed by atoms with van der Waals surface area (Å²) in [5.41, 5.74) is 7.44. The van der Waals surface area contributed by atoms with Crippen LogP contribution in [0.1, 0.15) is 56.0 Å². The Kier molecular flexibility index (Phi) is 8.52. The highest BCUT2D eigenvalue weighted by molar-refractivity contribution is 7.98. The fraction of sp³-hybridized carbons (Fsp3) is 0.552. The van der Waals surface area contributed by atoms with E-state index >= 15 is 0 Å². The molecule has 2 amide bonds. The summed E-state index contributed by atoms with van der Waals surface area (Å²) in [5.74, 6) is 1.01. The van der Waals surface area contributed by atoms with Crippen molar-refractivity contribution < 1.29 is 9.53 Å². The van der Waals surface area contributed by atoms with Gasteiger partial charge in [-0.25, -0.2) is 4.79 Å². The average Bonchev–Trinajstić information content (AvgIpc) is 3.60. The van der Waals surface area contributed by atoms with Gasteiger partial charge in [-0.1, -0.05) is 13.8 Å². The molecule has 10 heteroatoms. The highest BCUT2D eigenvalue weighted by Crippen LogP contribution is 2.43. The Hall–Kier alpha value is -2.98. The SMILES string of the molecule is CC.CNC(=O)N1CCc2c(c(N3CCCc4cc(-c5cnn(C)c5)c(SC)cc43)nn2C2CCOCC2)C1. The Morgan fingerprint density at radius 3 is 2.64 bits per heavy atom. The fourth-order valence-electron chi connectivity index (χ4n) is 6.00. The Balaban J connectivity index is 0.00000151. The number of carbonyl (C=O) groups is 1. The molecule has 3 aliphatic heterocycles. The fourth-order valence-corrected chi connectivity index (χ4v) is 6.62. The van der Waals surface area contributed by atoms with Gasteiger partial charge in [-0.3, -0.25) is 9.36 Å². The molecule has 0 aliphatic carbocycles. The van der Waals surface area contributed by atoms with E-state index in [9.17, 15) is 4.79 Å². The number of hydrogen-bond acceptors (Lipinski definition) is 6. The van der Waals surface area contributed by atoms with Crippen LogP contribution in [-0.4, -0.2) is 70.1 Å². The minimum Gasteiger partial charge on any atom is -0.381 e. The topological polar surface area (TPSA) is 80.5 Å².